The van der Waals surface area contributed by atoms with Crippen LogP contribution in [0.25, 0.3) is 0 Å². The Balaban J connectivity index is 2.63. The van der Waals surface area contributed by atoms with Gasteiger partial charge in [-0.3, -0.25) is 4.90 Å². The first-order chi connectivity index (χ1) is 6.79. The quantitative estimate of drug-likeness (QED) is 0.697. The molecule has 1 rings (SSSR count). The van der Waals surface area contributed by atoms with Gasteiger partial charge in [-0.05, 0) is 49.4 Å². The van der Waals surface area contributed by atoms with Crippen molar-refractivity contribution in [2.45, 2.75) is 26.4 Å². The van der Waals surface area contributed by atoms with Crippen LogP contribution in [0, 0.1) is 0 Å². The lowest BCUT2D eigenvalue weighted by Gasteiger charge is -2.26. The molecule has 1 heterocycles. The summed E-state index contributed by atoms with van der Waals surface area (Å²) in [6.45, 7) is 6.01. The highest BCUT2D eigenvalue weighted by Crippen LogP contribution is 2.19. The number of carbonyl (C=O) groups excluding carboxylic acids is 1. The third-order valence-electron chi connectivity index (χ3n) is 1.68. The van der Waals surface area contributed by atoms with E-state index in [0.29, 0.717) is 12.2 Å². The van der Waals surface area contributed by atoms with Crippen LogP contribution in [0.1, 0.15) is 20.8 Å². The van der Waals surface area contributed by atoms with Crippen molar-refractivity contribution in [3.05, 3.63) is 21.6 Å². The predicted octanol–water partition coefficient (Wildman–Crippen LogP) is 2.36. The van der Waals surface area contributed by atoms with Crippen molar-refractivity contribution < 1.29 is 9.53 Å². The van der Waals surface area contributed by atoms with E-state index in [1.54, 1.807) is 12.3 Å². The van der Waals surface area contributed by atoms with Crippen LogP contribution in [-0.2, 0) is 4.74 Å². The third-order valence-corrected chi connectivity index (χ3v) is 2.65. The van der Waals surface area contributed by atoms with Crippen molar-refractivity contribution in [1.29, 1.82) is 0 Å². The molecule has 5 heteroatoms. The Morgan fingerprint density at radius 1 is 1.60 bits per heavy atom. The van der Waals surface area contributed by atoms with Gasteiger partial charge >= 0.3 is 6.09 Å². The fourth-order valence-electron chi connectivity index (χ4n) is 1.00. The largest absolute Gasteiger partial charge is 0.443 e. The fourth-order valence-corrected chi connectivity index (χ4v) is 1.55. The molecular weight excluding hydrogens is 307 g/mol. The molecule has 0 fully saturated rings. The van der Waals surface area contributed by atoms with E-state index in [4.69, 9.17) is 10.5 Å². The standard InChI is InChI=1S/C10H15IN2O2/c1-10(2,3)15-9(14)13-5-4-8(12)7(11)6-13/h4-5H,6,12H2,1-3H3. The number of nitrogens with two attached hydrogens (primary N) is 1. The Hall–Kier alpha value is -0.720. The molecule has 0 bridgehead atoms. The van der Waals surface area contributed by atoms with Crippen LogP contribution < -0.4 is 5.73 Å². The first kappa shape index (κ1) is 12.4. The molecule has 0 aromatic rings. The Kier molecular flexibility index (Phi) is 3.64. The van der Waals surface area contributed by atoms with Gasteiger partial charge in [0.05, 0.1) is 6.54 Å². The molecule has 1 aliphatic rings. The second-order valence-electron chi connectivity index (χ2n) is 4.28. The summed E-state index contributed by atoms with van der Waals surface area (Å²) in [6, 6.07) is 0. The summed E-state index contributed by atoms with van der Waals surface area (Å²) in [4.78, 5) is 13.2. The maximum absolute atomic E-state index is 11.7. The van der Waals surface area contributed by atoms with Crippen LogP contribution in [0.15, 0.2) is 21.6 Å². The van der Waals surface area contributed by atoms with E-state index in [2.05, 4.69) is 22.6 Å². The number of hydrogen-bond acceptors (Lipinski definition) is 3. The summed E-state index contributed by atoms with van der Waals surface area (Å²) in [7, 11) is 0. The highest BCUT2D eigenvalue weighted by molar-refractivity contribution is 14.1. The molecule has 0 saturated heterocycles. The molecule has 0 saturated carbocycles. The van der Waals surface area contributed by atoms with Crippen LogP contribution in [0.4, 0.5) is 4.79 Å². The second-order valence-corrected chi connectivity index (χ2v) is 5.59. The average Bonchev–Trinajstić information content (AvgIpc) is 2.06. The lowest BCUT2D eigenvalue weighted by atomic mass is 10.2. The molecule has 15 heavy (non-hydrogen) atoms. The minimum Gasteiger partial charge on any atom is -0.443 e. The first-order valence-electron chi connectivity index (χ1n) is 4.61. The monoisotopic (exact) mass is 322 g/mol. The van der Waals surface area contributed by atoms with E-state index >= 15 is 0 Å². The number of amides is 1. The first-order valence-corrected chi connectivity index (χ1v) is 5.69. The van der Waals surface area contributed by atoms with Gasteiger partial charge in [-0.15, -0.1) is 0 Å². The van der Waals surface area contributed by atoms with Crippen LogP contribution in [0.2, 0.25) is 0 Å². The zero-order chi connectivity index (χ0) is 11.6. The van der Waals surface area contributed by atoms with Crippen molar-refractivity contribution >= 4 is 28.7 Å². The molecule has 4 nitrogen and oxygen atoms in total. The molecule has 0 unspecified atom stereocenters. The molecule has 1 amide bonds. The molecule has 0 atom stereocenters. The maximum atomic E-state index is 11.7. The highest BCUT2D eigenvalue weighted by Gasteiger charge is 2.22. The van der Waals surface area contributed by atoms with Gasteiger partial charge in [0.2, 0.25) is 0 Å². The van der Waals surface area contributed by atoms with E-state index in [-0.39, 0.29) is 6.09 Å². The minimum absolute atomic E-state index is 0.347. The van der Waals surface area contributed by atoms with Gasteiger partial charge in [0.15, 0.2) is 0 Å². The predicted molar refractivity (Wildman–Crippen MR) is 67.3 cm³/mol. The number of allylic oxidation sites excluding steroid dienone is 1. The van der Waals surface area contributed by atoms with Gasteiger partial charge in [0.1, 0.15) is 5.60 Å². The van der Waals surface area contributed by atoms with Crippen molar-refractivity contribution in [2.75, 3.05) is 6.54 Å². The molecule has 1 aliphatic heterocycles. The Morgan fingerprint density at radius 2 is 2.20 bits per heavy atom. The van der Waals surface area contributed by atoms with E-state index < -0.39 is 5.60 Å². The van der Waals surface area contributed by atoms with Crippen LogP contribution >= 0.6 is 22.6 Å². The Bertz CT molecular complexity index is 329. The number of carbonyl (C=O) groups is 1. The van der Waals surface area contributed by atoms with E-state index in [0.717, 1.165) is 3.58 Å². The zero-order valence-corrected chi connectivity index (χ0v) is 11.2. The van der Waals surface area contributed by atoms with Gasteiger partial charge in [-0.2, -0.15) is 0 Å². The summed E-state index contributed by atoms with van der Waals surface area (Å²) in [6.07, 6.45) is 3.00. The molecule has 0 radical (unpaired) electrons. The molecule has 84 valence electrons. The van der Waals surface area contributed by atoms with E-state index in [1.165, 1.54) is 4.90 Å². The number of ether oxygens (including phenoxy) is 1. The van der Waals surface area contributed by atoms with Crippen molar-refractivity contribution in [3.8, 4) is 0 Å². The Morgan fingerprint density at radius 3 is 2.67 bits per heavy atom. The van der Waals surface area contributed by atoms with Gasteiger partial charge in [0, 0.05) is 15.5 Å². The number of nitrogens with zero attached hydrogens (tertiary/aromatic N) is 1. The summed E-state index contributed by atoms with van der Waals surface area (Å²) >= 11 is 2.12. The summed E-state index contributed by atoms with van der Waals surface area (Å²) in [5.41, 5.74) is 5.91. The molecule has 0 aliphatic carbocycles. The van der Waals surface area contributed by atoms with E-state index in [1.807, 2.05) is 20.8 Å². The maximum Gasteiger partial charge on any atom is 0.414 e. The van der Waals surface area contributed by atoms with Gasteiger partial charge in [-0.1, -0.05) is 0 Å². The Labute approximate surface area is 103 Å². The van der Waals surface area contributed by atoms with Crippen molar-refractivity contribution in [3.63, 3.8) is 0 Å². The lowest BCUT2D eigenvalue weighted by Crippen LogP contribution is -2.35. The topological polar surface area (TPSA) is 55.6 Å². The zero-order valence-electron chi connectivity index (χ0n) is 9.08. The summed E-state index contributed by atoms with van der Waals surface area (Å²) < 4.78 is 6.18. The molecule has 0 spiro atoms. The van der Waals surface area contributed by atoms with Crippen LogP contribution in [-0.4, -0.2) is 23.1 Å². The number of halogens is 1. The van der Waals surface area contributed by atoms with Crippen LogP contribution in [0.3, 0.4) is 0 Å². The van der Waals surface area contributed by atoms with Gasteiger partial charge in [-0.25, -0.2) is 4.79 Å². The highest BCUT2D eigenvalue weighted by atomic mass is 127. The smallest absolute Gasteiger partial charge is 0.414 e. The van der Waals surface area contributed by atoms with Crippen molar-refractivity contribution in [1.82, 2.24) is 4.90 Å². The van der Waals surface area contributed by atoms with Crippen LogP contribution in [0.5, 0.6) is 0 Å². The molecular formula is C10H15IN2O2. The van der Waals surface area contributed by atoms with Crippen molar-refractivity contribution in [2.24, 2.45) is 5.73 Å². The SMILES string of the molecule is CC(C)(C)OC(=O)N1C=CC(N)=C(I)C1. The molecule has 0 aromatic heterocycles. The summed E-state index contributed by atoms with van der Waals surface area (Å²) in [5, 5.41) is 0. The number of hydrogen-bond donors (Lipinski definition) is 1. The second kappa shape index (κ2) is 4.42. The lowest BCUT2D eigenvalue weighted by molar-refractivity contribution is 0.0349. The molecule has 0 aromatic carbocycles. The normalized spacial score (nSPS) is 16.9. The minimum atomic E-state index is -0.469. The van der Waals surface area contributed by atoms with Gasteiger partial charge in [0.25, 0.3) is 0 Å². The fraction of sp³-hybridized carbons (Fsp3) is 0.500. The van der Waals surface area contributed by atoms with E-state index in [9.17, 15) is 4.79 Å². The van der Waals surface area contributed by atoms with Gasteiger partial charge < -0.3 is 10.5 Å². The number of rotatable bonds is 0. The summed E-state index contributed by atoms with van der Waals surface area (Å²) in [5.74, 6) is 0. The average molecular weight is 322 g/mol. The third kappa shape index (κ3) is 3.73. The molecule has 2 N–H and O–H groups in total.